The zero-order valence-corrected chi connectivity index (χ0v) is 39.9. The summed E-state index contributed by atoms with van der Waals surface area (Å²) in [5, 5.41) is 17.3. The molecule has 5 heterocycles. The molecule has 1 atom stereocenters. The van der Waals surface area contributed by atoms with Gasteiger partial charge in [-0.15, -0.1) is 11.8 Å². The van der Waals surface area contributed by atoms with E-state index in [0.29, 0.717) is 27.7 Å². The van der Waals surface area contributed by atoms with Crippen LogP contribution in [0.4, 0.5) is 17.1 Å². The number of carbonyl (C=O) groups excluding carboxylic acids is 1. The van der Waals surface area contributed by atoms with Crippen LogP contribution in [0.15, 0.2) is 94.5 Å². The molecule has 4 aliphatic rings. The van der Waals surface area contributed by atoms with Crippen molar-refractivity contribution in [3.63, 3.8) is 0 Å². The number of piperazine rings is 2. The van der Waals surface area contributed by atoms with Crippen molar-refractivity contribution < 1.29 is 22.9 Å². The number of anilines is 2. The van der Waals surface area contributed by atoms with Crippen LogP contribution >= 0.6 is 23.4 Å². The first-order valence-electron chi connectivity index (χ1n) is 22.6. The summed E-state index contributed by atoms with van der Waals surface area (Å²) < 4.78 is 36.5. The number of nitrogens with one attached hydrogen (secondary N) is 3. The predicted molar refractivity (Wildman–Crippen MR) is 262 cm³/mol. The summed E-state index contributed by atoms with van der Waals surface area (Å²) in [6.45, 7) is 13.5. The molecule has 0 bridgehead atoms. The molecule has 0 spiro atoms. The number of fused-ring (bicyclic) bond motifs is 2. The Balaban J connectivity index is 0.922. The number of nitrogens with zero attached hydrogens (tertiary/aromatic N) is 6. The van der Waals surface area contributed by atoms with Crippen molar-refractivity contribution in [3.8, 4) is 11.5 Å². The highest BCUT2D eigenvalue weighted by atomic mass is 35.5. The lowest BCUT2D eigenvalue weighted by atomic mass is 9.72. The van der Waals surface area contributed by atoms with Crippen LogP contribution in [0.2, 0.25) is 5.02 Å². The summed E-state index contributed by atoms with van der Waals surface area (Å²) in [7, 11) is -2.47. The molecular weight excluding hydrogens is 898 g/mol. The Morgan fingerprint density at radius 3 is 2.52 bits per heavy atom. The van der Waals surface area contributed by atoms with Gasteiger partial charge in [0.15, 0.2) is 0 Å². The van der Waals surface area contributed by atoms with E-state index in [1.54, 1.807) is 30.5 Å². The third kappa shape index (κ3) is 10.5. The van der Waals surface area contributed by atoms with E-state index in [1.807, 2.05) is 18.2 Å². The fraction of sp³-hybridized carbons (Fsp3) is 0.417. The summed E-state index contributed by atoms with van der Waals surface area (Å²) >= 11 is 7.63. The van der Waals surface area contributed by atoms with Gasteiger partial charge in [0.05, 0.1) is 21.6 Å². The van der Waals surface area contributed by atoms with Crippen LogP contribution in [0.5, 0.6) is 11.5 Å². The molecule has 15 nitrogen and oxygen atoms in total. The van der Waals surface area contributed by atoms with Gasteiger partial charge < -0.3 is 29.7 Å². The van der Waals surface area contributed by atoms with Crippen molar-refractivity contribution in [1.29, 1.82) is 0 Å². The maximum atomic E-state index is 14.1. The first kappa shape index (κ1) is 46.0. The van der Waals surface area contributed by atoms with Crippen molar-refractivity contribution in [2.24, 2.45) is 5.41 Å². The number of rotatable bonds is 13. The van der Waals surface area contributed by atoms with E-state index in [4.69, 9.17) is 16.3 Å². The fourth-order valence-electron chi connectivity index (χ4n) is 9.35. The highest BCUT2D eigenvalue weighted by Crippen LogP contribution is 2.44. The fourth-order valence-corrected chi connectivity index (χ4v) is 11.7. The minimum Gasteiger partial charge on any atom is -0.455 e. The number of pyridine rings is 1. The minimum atomic E-state index is -4.58. The summed E-state index contributed by atoms with van der Waals surface area (Å²) in [6.07, 6.45) is 7.30. The lowest BCUT2D eigenvalue weighted by Crippen LogP contribution is -2.47. The largest absolute Gasteiger partial charge is 0.455 e. The molecule has 1 aliphatic carbocycles. The van der Waals surface area contributed by atoms with Crippen molar-refractivity contribution in [2.45, 2.75) is 55.4 Å². The van der Waals surface area contributed by atoms with E-state index in [0.717, 1.165) is 113 Å². The Kier molecular flexibility index (Phi) is 13.4. The number of nitro benzene ring substituents is 1. The van der Waals surface area contributed by atoms with Crippen LogP contribution in [0, 0.1) is 15.5 Å². The van der Waals surface area contributed by atoms with Gasteiger partial charge in [0.25, 0.3) is 21.6 Å². The Labute approximate surface area is 395 Å². The van der Waals surface area contributed by atoms with Gasteiger partial charge in [-0.25, -0.2) is 18.1 Å². The average Bonchev–Trinajstić information content (AvgIpc) is 3.77. The zero-order valence-electron chi connectivity index (χ0n) is 37.5. The van der Waals surface area contributed by atoms with E-state index >= 15 is 0 Å². The molecule has 3 aliphatic heterocycles. The third-order valence-electron chi connectivity index (χ3n) is 13.3. The molecular formula is C48H56ClN9O6S2. The molecule has 3 aromatic carbocycles. The molecule has 9 rings (SSSR count). The molecule has 3 N–H and O–H groups in total. The maximum Gasteiger partial charge on any atom is 0.294 e. The van der Waals surface area contributed by atoms with Gasteiger partial charge in [0.1, 0.15) is 22.8 Å². The SMILES string of the molecule is CN1CCN(CC[C@H]2CSc3cc(S(=O)(=O)NC(=O)c4ccc(N5CCN(CC6=C(c7ccc(Cl)cc7)CC(C)(C)CC6)CC5)cc4Oc4cnc5[nH]ccc5c4)cc([N+](=O)[O-])c3N2)CC1. The van der Waals surface area contributed by atoms with Gasteiger partial charge in [0, 0.05) is 117 Å². The number of carbonyl (C=O) groups is 1. The van der Waals surface area contributed by atoms with E-state index in [-0.39, 0.29) is 33.4 Å². The smallest absolute Gasteiger partial charge is 0.294 e. The highest BCUT2D eigenvalue weighted by Gasteiger charge is 2.33. The number of hydrogen-bond acceptors (Lipinski definition) is 13. The molecule has 66 heavy (non-hydrogen) atoms. The molecule has 0 unspecified atom stereocenters. The highest BCUT2D eigenvalue weighted by molar-refractivity contribution is 7.99. The molecule has 0 saturated carbocycles. The third-order valence-corrected chi connectivity index (χ3v) is 16.1. The number of H-pyrrole nitrogens is 1. The number of benzene rings is 3. The first-order valence-corrected chi connectivity index (χ1v) is 25.4. The number of halogens is 1. The van der Waals surface area contributed by atoms with Crippen LogP contribution in [0.25, 0.3) is 16.6 Å². The quantitative estimate of drug-likeness (QED) is 0.0762. The zero-order chi connectivity index (χ0) is 46.2. The van der Waals surface area contributed by atoms with Crippen molar-refractivity contribution >= 4 is 73.0 Å². The first-order chi connectivity index (χ1) is 31.7. The number of thioether (sulfide) groups is 1. The number of sulfonamides is 1. The summed E-state index contributed by atoms with van der Waals surface area (Å²) in [6, 6.07) is 19.4. The second-order valence-corrected chi connectivity index (χ2v) is 21.8. The number of likely N-dealkylation sites (N-methyl/N-ethyl adjacent to an activating group) is 1. The van der Waals surface area contributed by atoms with Crippen molar-refractivity contribution in [2.75, 3.05) is 88.5 Å². The molecule has 2 aromatic heterocycles. The summed E-state index contributed by atoms with van der Waals surface area (Å²) in [5.41, 5.74) is 5.73. The van der Waals surface area contributed by atoms with Gasteiger partial charge in [-0.2, -0.15) is 0 Å². The lowest BCUT2D eigenvalue weighted by molar-refractivity contribution is -0.384. The van der Waals surface area contributed by atoms with E-state index < -0.39 is 20.9 Å². The molecule has 2 saturated heterocycles. The Morgan fingerprint density at radius 2 is 1.76 bits per heavy atom. The second kappa shape index (κ2) is 19.2. The van der Waals surface area contributed by atoms with E-state index in [9.17, 15) is 23.3 Å². The second-order valence-electron chi connectivity index (χ2n) is 18.7. The number of hydrogen-bond donors (Lipinski definition) is 3. The molecule has 5 aromatic rings. The maximum absolute atomic E-state index is 14.1. The average molecular weight is 955 g/mol. The molecule has 0 radical (unpaired) electrons. The number of nitro groups is 1. The molecule has 348 valence electrons. The number of aromatic nitrogens is 2. The van der Waals surface area contributed by atoms with Gasteiger partial charge >= 0.3 is 0 Å². The van der Waals surface area contributed by atoms with Crippen LogP contribution in [0.3, 0.4) is 0 Å². The lowest BCUT2D eigenvalue weighted by Gasteiger charge is -2.39. The Hall–Kier alpha value is -5.17. The Bertz CT molecular complexity index is 2770. The van der Waals surface area contributed by atoms with Crippen LogP contribution in [0.1, 0.15) is 55.5 Å². The topological polar surface area (TPSA) is 169 Å². The molecule has 18 heteroatoms. The van der Waals surface area contributed by atoms with Gasteiger partial charge in [-0.05, 0) is 91.7 Å². The van der Waals surface area contributed by atoms with E-state index in [1.165, 1.54) is 40.7 Å². The van der Waals surface area contributed by atoms with Gasteiger partial charge in [0.2, 0.25) is 0 Å². The Morgan fingerprint density at radius 1 is 1.00 bits per heavy atom. The number of amides is 1. The molecule has 2 fully saturated rings. The molecule has 1 amide bonds. The van der Waals surface area contributed by atoms with Gasteiger partial charge in [-0.3, -0.25) is 19.8 Å². The van der Waals surface area contributed by atoms with Crippen molar-refractivity contribution in [3.05, 3.63) is 111 Å². The normalized spacial score (nSPS) is 19.6. The van der Waals surface area contributed by atoms with Crippen molar-refractivity contribution in [1.82, 2.24) is 29.4 Å². The van der Waals surface area contributed by atoms with Crippen LogP contribution in [-0.4, -0.2) is 128 Å². The van der Waals surface area contributed by atoms with Crippen LogP contribution < -0.4 is 19.7 Å². The standard InChI is InChI=1S/C48H56ClN9O6S2/c1-48(2)13-10-34(41(28-48)32-4-6-35(49)7-5-32)30-56-20-22-57(23-21-56)37-8-9-40(43(25-37)64-38-24-33-11-14-50-46(33)51-29-38)47(59)53-66(62,63)39-26-42(58(60)61)45-44(27-39)65-31-36(52-45)12-15-55-18-16-54(3)17-19-55/h4-9,11,14,24-27,29,36,52H,10,12-13,15-23,28,30-31H2,1-3H3,(H,50,51)(H,53,59)/t36-/m0/s1. The predicted octanol–water partition coefficient (Wildman–Crippen LogP) is 8.35. The number of allylic oxidation sites excluding steroid dienone is 1. The number of ether oxygens (including phenoxy) is 1. The van der Waals surface area contributed by atoms with E-state index in [2.05, 4.69) is 72.6 Å². The van der Waals surface area contributed by atoms with Crippen LogP contribution in [-0.2, 0) is 10.0 Å². The minimum absolute atomic E-state index is 0.0243. The summed E-state index contributed by atoms with van der Waals surface area (Å²) in [5.74, 6) is 0.174. The monoisotopic (exact) mass is 953 g/mol. The van der Waals surface area contributed by atoms with Gasteiger partial charge in [-0.1, -0.05) is 43.2 Å². The summed E-state index contributed by atoms with van der Waals surface area (Å²) in [4.78, 5) is 42.9. The number of aromatic amines is 1.